The normalized spacial score (nSPS) is 12.6. The van der Waals surface area contributed by atoms with Crippen LogP contribution in [0.5, 0.6) is 0 Å². The molecule has 0 saturated carbocycles. The van der Waals surface area contributed by atoms with E-state index in [4.69, 9.17) is 0 Å². The molecule has 0 fully saturated rings. The molecule has 1 aromatic heterocycles. The van der Waals surface area contributed by atoms with Crippen LogP contribution < -0.4 is 5.32 Å². The van der Waals surface area contributed by atoms with Crippen LogP contribution in [0.2, 0.25) is 0 Å². The second-order valence-electron chi connectivity index (χ2n) is 4.43. The Labute approximate surface area is 103 Å². The number of hydrogen-bond donors (Lipinski definition) is 1. The van der Waals surface area contributed by atoms with Crippen LogP contribution >= 0.6 is 0 Å². The first-order chi connectivity index (χ1) is 8.18. The Kier molecular flexibility index (Phi) is 3.59. The van der Waals surface area contributed by atoms with E-state index in [-0.39, 0.29) is 6.04 Å². The predicted molar refractivity (Wildman–Crippen MR) is 69.6 cm³/mol. The van der Waals surface area contributed by atoms with E-state index < -0.39 is 0 Å². The van der Waals surface area contributed by atoms with Crippen LogP contribution in [0, 0.1) is 6.92 Å². The van der Waals surface area contributed by atoms with Gasteiger partial charge in [-0.05, 0) is 25.0 Å². The summed E-state index contributed by atoms with van der Waals surface area (Å²) in [6, 6.07) is 8.71. The zero-order valence-corrected chi connectivity index (χ0v) is 10.6. The lowest BCUT2D eigenvalue weighted by Crippen LogP contribution is -2.21. The molecule has 90 valence electrons. The third-order valence-corrected chi connectivity index (χ3v) is 3.11. The lowest BCUT2D eigenvalue weighted by atomic mass is 10.1. The van der Waals surface area contributed by atoms with E-state index in [1.54, 1.807) is 0 Å². The highest BCUT2D eigenvalue weighted by Gasteiger charge is 2.09. The molecule has 0 aliphatic carbocycles. The van der Waals surface area contributed by atoms with Gasteiger partial charge in [0.1, 0.15) is 5.82 Å². The maximum absolute atomic E-state index is 4.35. The molecule has 3 heteroatoms. The average Bonchev–Trinajstić information content (AvgIpc) is 2.74. The van der Waals surface area contributed by atoms with Crippen LogP contribution in [0.25, 0.3) is 0 Å². The molecule has 1 atom stereocenters. The molecule has 1 heterocycles. The van der Waals surface area contributed by atoms with Crippen LogP contribution in [0.15, 0.2) is 36.7 Å². The van der Waals surface area contributed by atoms with Crippen LogP contribution in [0.4, 0.5) is 0 Å². The number of nitrogens with one attached hydrogen (secondary N) is 1. The minimum atomic E-state index is 0.259. The molecule has 0 radical (unpaired) electrons. The lowest BCUT2D eigenvalue weighted by molar-refractivity contribution is 0.529. The van der Waals surface area contributed by atoms with E-state index in [0.717, 1.165) is 12.4 Å². The van der Waals surface area contributed by atoms with E-state index in [1.807, 2.05) is 19.4 Å². The predicted octanol–water partition coefficient (Wildman–Crippen LogP) is 2.58. The summed E-state index contributed by atoms with van der Waals surface area (Å²) in [6.45, 7) is 5.16. The zero-order valence-electron chi connectivity index (χ0n) is 10.6. The molecule has 0 aliphatic heterocycles. The van der Waals surface area contributed by atoms with Crippen molar-refractivity contribution in [3.05, 3.63) is 53.6 Å². The Hall–Kier alpha value is -1.61. The average molecular weight is 229 g/mol. The van der Waals surface area contributed by atoms with Gasteiger partial charge in [0, 0.05) is 26.0 Å². The molecule has 0 amide bonds. The fourth-order valence-corrected chi connectivity index (χ4v) is 1.96. The molecule has 3 nitrogen and oxygen atoms in total. The van der Waals surface area contributed by atoms with Crippen molar-refractivity contribution in [2.24, 2.45) is 7.05 Å². The van der Waals surface area contributed by atoms with E-state index in [9.17, 15) is 0 Å². The third kappa shape index (κ3) is 2.74. The van der Waals surface area contributed by atoms with Gasteiger partial charge in [-0.15, -0.1) is 0 Å². The molecule has 0 saturated heterocycles. The largest absolute Gasteiger partial charge is 0.337 e. The number of aromatic nitrogens is 2. The Morgan fingerprint density at radius 1 is 1.35 bits per heavy atom. The highest BCUT2D eigenvalue weighted by Crippen LogP contribution is 2.11. The fraction of sp³-hybridized carbons (Fsp3) is 0.357. The zero-order chi connectivity index (χ0) is 12.3. The smallest absolute Gasteiger partial charge is 0.125 e. The van der Waals surface area contributed by atoms with E-state index in [1.165, 1.54) is 11.1 Å². The highest BCUT2D eigenvalue weighted by atomic mass is 15.1. The van der Waals surface area contributed by atoms with Crippen LogP contribution in [-0.4, -0.2) is 9.55 Å². The van der Waals surface area contributed by atoms with E-state index in [2.05, 4.69) is 53.0 Å². The minimum absolute atomic E-state index is 0.259. The van der Waals surface area contributed by atoms with Gasteiger partial charge in [0.2, 0.25) is 0 Å². The fourth-order valence-electron chi connectivity index (χ4n) is 1.96. The van der Waals surface area contributed by atoms with Crippen molar-refractivity contribution in [3.63, 3.8) is 0 Å². The quantitative estimate of drug-likeness (QED) is 0.873. The molecule has 0 bridgehead atoms. The summed E-state index contributed by atoms with van der Waals surface area (Å²) in [6.07, 6.45) is 3.81. The molecule has 1 N–H and O–H groups in total. The minimum Gasteiger partial charge on any atom is -0.337 e. The Bertz CT molecular complexity index is 488. The maximum Gasteiger partial charge on any atom is 0.125 e. The monoisotopic (exact) mass is 229 g/mol. The van der Waals surface area contributed by atoms with Crippen molar-refractivity contribution >= 4 is 0 Å². The number of hydrogen-bond acceptors (Lipinski definition) is 2. The van der Waals surface area contributed by atoms with Crippen LogP contribution in [0.1, 0.15) is 29.9 Å². The third-order valence-electron chi connectivity index (χ3n) is 3.11. The maximum atomic E-state index is 4.35. The second-order valence-corrected chi connectivity index (χ2v) is 4.43. The van der Waals surface area contributed by atoms with Crippen LogP contribution in [0.3, 0.4) is 0 Å². The molecule has 0 aliphatic rings. The van der Waals surface area contributed by atoms with Gasteiger partial charge in [0.05, 0.1) is 6.04 Å². The molecule has 2 aromatic rings. The van der Waals surface area contributed by atoms with Crippen molar-refractivity contribution in [2.75, 3.05) is 0 Å². The summed E-state index contributed by atoms with van der Waals surface area (Å²) < 4.78 is 2.05. The van der Waals surface area contributed by atoms with Gasteiger partial charge < -0.3 is 9.88 Å². The van der Waals surface area contributed by atoms with Gasteiger partial charge in [0.15, 0.2) is 0 Å². The first-order valence-electron chi connectivity index (χ1n) is 5.93. The summed E-state index contributed by atoms with van der Waals surface area (Å²) in [5.41, 5.74) is 2.67. The molecule has 2 rings (SSSR count). The number of benzene rings is 1. The molecular formula is C14H19N3. The number of rotatable bonds is 4. The topological polar surface area (TPSA) is 29.9 Å². The van der Waals surface area contributed by atoms with Crippen molar-refractivity contribution in [1.29, 1.82) is 0 Å². The number of nitrogens with zero attached hydrogens (tertiary/aromatic N) is 2. The SMILES string of the molecule is Cc1ccccc1CNC(C)c1nccn1C. The Balaban J connectivity index is 2.00. The van der Waals surface area contributed by atoms with Crippen LogP contribution in [-0.2, 0) is 13.6 Å². The second kappa shape index (κ2) is 5.15. The summed E-state index contributed by atoms with van der Waals surface area (Å²) in [5.74, 6) is 1.07. The molecule has 1 unspecified atom stereocenters. The van der Waals surface area contributed by atoms with E-state index in [0.29, 0.717) is 0 Å². The summed E-state index contributed by atoms with van der Waals surface area (Å²) in [7, 11) is 2.02. The van der Waals surface area contributed by atoms with Gasteiger partial charge in [-0.25, -0.2) is 4.98 Å². The van der Waals surface area contributed by atoms with Crippen molar-refractivity contribution < 1.29 is 0 Å². The first kappa shape index (κ1) is 11.9. The summed E-state index contributed by atoms with van der Waals surface area (Å²) >= 11 is 0. The van der Waals surface area contributed by atoms with Gasteiger partial charge >= 0.3 is 0 Å². The number of imidazole rings is 1. The summed E-state index contributed by atoms with van der Waals surface area (Å²) in [4.78, 5) is 4.35. The Morgan fingerprint density at radius 2 is 2.12 bits per heavy atom. The number of aryl methyl sites for hydroxylation is 2. The molecule has 0 spiro atoms. The van der Waals surface area contributed by atoms with Gasteiger partial charge in [-0.2, -0.15) is 0 Å². The lowest BCUT2D eigenvalue weighted by Gasteiger charge is -2.14. The molecule has 1 aromatic carbocycles. The van der Waals surface area contributed by atoms with Gasteiger partial charge in [-0.1, -0.05) is 24.3 Å². The highest BCUT2D eigenvalue weighted by molar-refractivity contribution is 5.25. The van der Waals surface area contributed by atoms with Crippen molar-refractivity contribution in [2.45, 2.75) is 26.4 Å². The molecular weight excluding hydrogens is 210 g/mol. The first-order valence-corrected chi connectivity index (χ1v) is 5.93. The van der Waals surface area contributed by atoms with Crippen molar-refractivity contribution in [3.8, 4) is 0 Å². The van der Waals surface area contributed by atoms with Gasteiger partial charge in [-0.3, -0.25) is 0 Å². The summed E-state index contributed by atoms with van der Waals surface area (Å²) in [5, 5.41) is 3.50. The Morgan fingerprint density at radius 3 is 2.76 bits per heavy atom. The van der Waals surface area contributed by atoms with Gasteiger partial charge in [0.25, 0.3) is 0 Å². The van der Waals surface area contributed by atoms with Crippen molar-refractivity contribution in [1.82, 2.24) is 14.9 Å². The van der Waals surface area contributed by atoms with E-state index >= 15 is 0 Å². The molecule has 17 heavy (non-hydrogen) atoms. The standard InChI is InChI=1S/C14H19N3/c1-11-6-4-5-7-13(11)10-16-12(2)14-15-8-9-17(14)3/h4-9,12,16H,10H2,1-3H3.